The molecule has 16 heavy (non-hydrogen) atoms. The van der Waals surface area contributed by atoms with Gasteiger partial charge in [0.15, 0.2) is 12.6 Å². The first-order valence-electron chi connectivity index (χ1n) is 4.75. The lowest BCUT2D eigenvalue weighted by atomic mass is 10.0. The number of carbonyl (C=O) groups is 1. The van der Waals surface area contributed by atoms with Crippen molar-refractivity contribution in [3.8, 4) is 0 Å². The van der Waals surface area contributed by atoms with Crippen molar-refractivity contribution in [2.75, 3.05) is 14.2 Å². The summed E-state index contributed by atoms with van der Waals surface area (Å²) in [7, 11) is 3.03. The maximum absolute atomic E-state index is 10.8. The number of carboxylic acids is 1. The summed E-state index contributed by atoms with van der Waals surface area (Å²) in [4.78, 5) is 10.8. The van der Waals surface area contributed by atoms with Gasteiger partial charge in [0.25, 0.3) is 0 Å². The van der Waals surface area contributed by atoms with Crippen LogP contribution in [0.3, 0.4) is 0 Å². The van der Waals surface area contributed by atoms with Gasteiger partial charge in [-0.2, -0.15) is 0 Å². The van der Waals surface area contributed by atoms with Crippen molar-refractivity contribution < 1.29 is 24.1 Å². The van der Waals surface area contributed by atoms with Crippen molar-refractivity contribution in [3.05, 3.63) is 34.9 Å². The monoisotopic (exact) mass is 224 g/mol. The second-order valence-corrected chi connectivity index (χ2v) is 3.42. The molecule has 0 spiro atoms. The second kappa shape index (κ2) is 4.21. The first-order chi connectivity index (χ1) is 7.67. The molecule has 5 heteroatoms. The van der Waals surface area contributed by atoms with Gasteiger partial charge >= 0.3 is 5.97 Å². The Hall–Kier alpha value is -1.43. The molecule has 0 radical (unpaired) electrons. The van der Waals surface area contributed by atoms with E-state index in [0.717, 1.165) is 5.56 Å². The van der Waals surface area contributed by atoms with Crippen LogP contribution in [-0.4, -0.2) is 25.3 Å². The number of aromatic carboxylic acids is 1. The average Bonchev–Trinajstić information content (AvgIpc) is 2.65. The van der Waals surface area contributed by atoms with Crippen LogP contribution in [0.5, 0.6) is 0 Å². The van der Waals surface area contributed by atoms with Crippen molar-refractivity contribution >= 4 is 5.97 Å². The minimum atomic E-state index is -0.974. The van der Waals surface area contributed by atoms with Gasteiger partial charge in [0.05, 0.1) is 5.56 Å². The van der Waals surface area contributed by atoms with E-state index in [1.54, 1.807) is 12.1 Å². The summed E-state index contributed by atoms with van der Waals surface area (Å²) in [6, 6.07) is 4.76. The fourth-order valence-corrected chi connectivity index (χ4v) is 1.75. The molecule has 2 rings (SSSR count). The highest BCUT2D eigenvalue weighted by molar-refractivity contribution is 5.88. The summed E-state index contributed by atoms with van der Waals surface area (Å²) in [5, 5.41) is 8.89. The molecule has 1 aliphatic rings. The minimum absolute atomic E-state index is 0.209. The third-order valence-electron chi connectivity index (χ3n) is 2.52. The Morgan fingerprint density at radius 2 is 1.88 bits per heavy atom. The normalized spacial score (nSPS) is 23.1. The van der Waals surface area contributed by atoms with E-state index >= 15 is 0 Å². The molecule has 1 aromatic rings. The number of rotatable bonds is 3. The molecule has 0 fully saturated rings. The predicted molar refractivity (Wildman–Crippen MR) is 54.0 cm³/mol. The topological polar surface area (TPSA) is 65.0 Å². The number of hydrogen-bond acceptors (Lipinski definition) is 4. The van der Waals surface area contributed by atoms with E-state index in [1.807, 2.05) is 0 Å². The standard InChI is InChI=1S/C11H12O5/c1-14-10-7-4-3-6(9(12)13)5-8(7)11(15-2)16-10/h3-5,10-11H,1-2H3,(H,12,13). The van der Waals surface area contributed by atoms with E-state index in [4.69, 9.17) is 19.3 Å². The van der Waals surface area contributed by atoms with Crippen molar-refractivity contribution in [3.63, 3.8) is 0 Å². The van der Waals surface area contributed by atoms with Crippen LogP contribution in [-0.2, 0) is 14.2 Å². The molecule has 0 saturated carbocycles. The number of benzene rings is 1. The van der Waals surface area contributed by atoms with Gasteiger partial charge in [-0.1, -0.05) is 6.07 Å². The zero-order valence-corrected chi connectivity index (χ0v) is 8.97. The van der Waals surface area contributed by atoms with Gasteiger partial charge in [-0.05, 0) is 12.1 Å². The van der Waals surface area contributed by atoms with Crippen molar-refractivity contribution in [1.82, 2.24) is 0 Å². The van der Waals surface area contributed by atoms with Crippen molar-refractivity contribution in [2.24, 2.45) is 0 Å². The van der Waals surface area contributed by atoms with Crippen LogP contribution in [0.2, 0.25) is 0 Å². The van der Waals surface area contributed by atoms with Crippen LogP contribution in [0.25, 0.3) is 0 Å². The van der Waals surface area contributed by atoms with E-state index in [0.29, 0.717) is 5.56 Å². The molecular formula is C11H12O5. The third-order valence-corrected chi connectivity index (χ3v) is 2.52. The molecule has 1 aromatic carbocycles. The molecule has 0 saturated heterocycles. The Bertz CT molecular complexity index is 415. The molecular weight excluding hydrogens is 212 g/mol. The molecule has 1 heterocycles. The molecule has 0 bridgehead atoms. The molecule has 5 nitrogen and oxygen atoms in total. The van der Waals surface area contributed by atoms with E-state index in [2.05, 4.69) is 0 Å². The lowest BCUT2D eigenvalue weighted by molar-refractivity contribution is -0.217. The van der Waals surface area contributed by atoms with Gasteiger partial charge in [-0.25, -0.2) is 4.79 Å². The third kappa shape index (κ3) is 1.69. The summed E-state index contributed by atoms with van der Waals surface area (Å²) in [5.74, 6) is -0.974. The van der Waals surface area contributed by atoms with Crippen LogP contribution < -0.4 is 0 Å². The molecule has 2 unspecified atom stereocenters. The summed E-state index contributed by atoms with van der Waals surface area (Å²) in [5.41, 5.74) is 1.72. The SMILES string of the molecule is COC1OC(OC)c2cc(C(=O)O)ccc21. The fraction of sp³-hybridized carbons (Fsp3) is 0.364. The molecule has 2 atom stereocenters. The Morgan fingerprint density at radius 3 is 2.44 bits per heavy atom. The Kier molecular flexibility index (Phi) is 2.91. The Morgan fingerprint density at radius 1 is 1.25 bits per heavy atom. The fourth-order valence-electron chi connectivity index (χ4n) is 1.75. The molecule has 0 amide bonds. The lowest BCUT2D eigenvalue weighted by Gasteiger charge is -2.10. The van der Waals surface area contributed by atoms with Gasteiger partial charge in [0.1, 0.15) is 0 Å². The number of methoxy groups -OCH3 is 2. The van der Waals surface area contributed by atoms with Gasteiger partial charge in [-0.15, -0.1) is 0 Å². The largest absolute Gasteiger partial charge is 0.478 e. The number of fused-ring (bicyclic) bond motifs is 1. The minimum Gasteiger partial charge on any atom is -0.478 e. The number of ether oxygens (including phenoxy) is 3. The summed E-state index contributed by atoms with van der Waals surface area (Å²) < 4.78 is 15.7. The predicted octanol–water partition coefficient (Wildman–Crippen LogP) is 1.71. The van der Waals surface area contributed by atoms with E-state index < -0.39 is 18.5 Å². The Labute approximate surface area is 92.5 Å². The summed E-state index contributed by atoms with van der Waals surface area (Å²) >= 11 is 0. The smallest absolute Gasteiger partial charge is 0.335 e. The highest BCUT2D eigenvalue weighted by Crippen LogP contribution is 2.39. The van der Waals surface area contributed by atoms with Crippen LogP contribution in [0.4, 0.5) is 0 Å². The first kappa shape index (κ1) is 11.1. The second-order valence-electron chi connectivity index (χ2n) is 3.42. The van der Waals surface area contributed by atoms with Crippen LogP contribution in [0, 0.1) is 0 Å². The van der Waals surface area contributed by atoms with Crippen LogP contribution >= 0.6 is 0 Å². The average molecular weight is 224 g/mol. The summed E-state index contributed by atoms with van der Waals surface area (Å²) in [6.45, 7) is 0. The van der Waals surface area contributed by atoms with E-state index in [-0.39, 0.29) is 5.56 Å². The van der Waals surface area contributed by atoms with Gasteiger partial charge < -0.3 is 19.3 Å². The zero-order chi connectivity index (χ0) is 11.7. The summed E-state index contributed by atoms with van der Waals surface area (Å²) in [6.07, 6.45) is -1.07. The first-order valence-corrected chi connectivity index (χ1v) is 4.75. The van der Waals surface area contributed by atoms with E-state index in [9.17, 15) is 4.79 Å². The number of hydrogen-bond donors (Lipinski definition) is 1. The molecule has 86 valence electrons. The van der Waals surface area contributed by atoms with Crippen LogP contribution in [0.15, 0.2) is 18.2 Å². The maximum atomic E-state index is 10.8. The molecule has 1 N–H and O–H groups in total. The number of carboxylic acid groups (broad SMARTS) is 1. The zero-order valence-electron chi connectivity index (χ0n) is 8.97. The molecule has 1 aliphatic heterocycles. The van der Waals surface area contributed by atoms with Crippen molar-refractivity contribution in [1.29, 1.82) is 0 Å². The Balaban J connectivity index is 2.44. The van der Waals surface area contributed by atoms with Gasteiger partial charge in [0.2, 0.25) is 0 Å². The van der Waals surface area contributed by atoms with Crippen molar-refractivity contribution in [2.45, 2.75) is 12.6 Å². The highest BCUT2D eigenvalue weighted by Gasteiger charge is 2.32. The highest BCUT2D eigenvalue weighted by atomic mass is 16.8. The van der Waals surface area contributed by atoms with Gasteiger partial charge in [0, 0.05) is 25.3 Å². The quantitative estimate of drug-likeness (QED) is 0.846. The van der Waals surface area contributed by atoms with E-state index in [1.165, 1.54) is 20.3 Å². The molecule has 0 aromatic heterocycles. The van der Waals surface area contributed by atoms with Gasteiger partial charge in [-0.3, -0.25) is 0 Å². The lowest BCUT2D eigenvalue weighted by Crippen LogP contribution is -2.02. The molecule has 0 aliphatic carbocycles. The maximum Gasteiger partial charge on any atom is 0.335 e. The van der Waals surface area contributed by atoms with Crippen LogP contribution in [0.1, 0.15) is 34.1 Å².